The van der Waals surface area contributed by atoms with Crippen LogP contribution in [0.15, 0.2) is 16.2 Å². The van der Waals surface area contributed by atoms with Crippen LogP contribution in [0.4, 0.5) is 10.5 Å². The number of urea groups is 1. The van der Waals surface area contributed by atoms with Crippen LogP contribution in [0.3, 0.4) is 0 Å². The van der Waals surface area contributed by atoms with Gasteiger partial charge in [0.25, 0.3) is 5.56 Å². The number of aromatic nitrogens is 2. The number of nitrogens with zero attached hydrogens (tertiary/aromatic N) is 2. The number of carboxylic acids is 1. The molecule has 1 fully saturated rings. The minimum absolute atomic E-state index is 0.0239. The molecule has 25 heavy (non-hydrogen) atoms. The largest absolute Gasteiger partial charge is 0.501 e. The van der Waals surface area contributed by atoms with Crippen LogP contribution in [-0.2, 0) is 0 Å². The summed E-state index contributed by atoms with van der Waals surface area (Å²) in [6, 6.07) is 1.40. The van der Waals surface area contributed by atoms with E-state index in [1.807, 2.05) is 0 Å². The third-order valence-corrected chi connectivity index (χ3v) is 4.78. The number of likely N-dealkylation sites (tertiary alicyclic amines) is 1. The van der Waals surface area contributed by atoms with E-state index in [9.17, 15) is 19.5 Å². The third-order valence-electron chi connectivity index (χ3n) is 3.86. The molecule has 9 nitrogen and oxygen atoms in total. The van der Waals surface area contributed by atoms with Crippen LogP contribution in [0.25, 0.3) is 10.7 Å². The van der Waals surface area contributed by atoms with Crippen LogP contribution < -0.4 is 10.9 Å². The van der Waals surface area contributed by atoms with E-state index in [0.29, 0.717) is 23.7 Å². The second-order valence-corrected chi connectivity index (χ2v) is 6.47. The van der Waals surface area contributed by atoms with Crippen LogP contribution in [0.5, 0.6) is 5.75 Å². The van der Waals surface area contributed by atoms with E-state index in [2.05, 4.69) is 15.3 Å². The number of anilines is 1. The van der Waals surface area contributed by atoms with Gasteiger partial charge in [-0.15, -0.1) is 11.3 Å². The summed E-state index contributed by atoms with van der Waals surface area (Å²) in [5.41, 5.74) is -1.27. The average Bonchev–Trinajstić information content (AvgIpc) is 3.05. The first-order chi connectivity index (χ1) is 12.0. The highest BCUT2D eigenvalue weighted by molar-refractivity contribution is 7.14. The van der Waals surface area contributed by atoms with Crippen LogP contribution in [-0.4, -0.2) is 50.2 Å². The number of aromatic hydroxyl groups is 1. The van der Waals surface area contributed by atoms with E-state index in [1.165, 1.54) is 11.3 Å². The fraction of sp³-hybridized carbons (Fsp3) is 0.333. The molecule has 1 aliphatic heterocycles. The third kappa shape index (κ3) is 3.48. The number of carbonyl (C=O) groups is 2. The monoisotopic (exact) mass is 364 g/mol. The van der Waals surface area contributed by atoms with Crippen LogP contribution in [0, 0.1) is 0 Å². The number of H-pyrrole nitrogens is 1. The van der Waals surface area contributed by atoms with Crippen molar-refractivity contribution < 1.29 is 19.8 Å². The zero-order valence-electron chi connectivity index (χ0n) is 13.1. The molecule has 0 saturated carbocycles. The lowest BCUT2D eigenvalue weighted by molar-refractivity contribution is 0.0686. The van der Waals surface area contributed by atoms with Crippen molar-refractivity contribution in [3.8, 4) is 16.5 Å². The molecule has 0 atom stereocenters. The Morgan fingerprint density at radius 2 is 2.00 bits per heavy atom. The first-order valence-corrected chi connectivity index (χ1v) is 8.55. The van der Waals surface area contributed by atoms with Crippen molar-refractivity contribution in [2.45, 2.75) is 19.3 Å². The number of rotatable bonds is 3. The molecule has 2 aromatic rings. The van der Waals surface area contributed by atoms with Crippen molar-refractivity contribution in [3.63, 3.8) is 0 Å². The van der Waals surface area contributed by atoms with E-state index in [-0.39, 0.29) is 11.9 Å². The highest BCUT2D eigenvalue weighted by Gasteiger charge is 2.22. The number of aromatic amines is 1. The number of aromatic carboxylic acids is 1. The molecule has 0 aromatic carbocycles. The van der Waals surface area contributed by atoms with E-state index < -0.39 is 23.0 Å². The molecule has 3 rings (SSSR count). The van der Waals surface area contributed by atoms with Gasteiger partial charge in [-0.05, 0) is 30.7 Å². The molecule has 3 heterocycles. The van der Waals surface area contributed by atoms with Gasteiger partial charge >= 0.3 is 12.0 Å². The van der Waals surface area contributed by atoms with Gasteiger partial charge in [-0.3, -0.25) is 4.79 Å². The van der Waals surface area contributed by atoms with E-state index in [4.69, 9.17) is 5.11 Å². The highest BCUT2D eigenvalue weighted by atomic mass is 32.1. The molecule has 0 aliphatic carbocycles. The predicted molar refractivity (Wildman–Crippen MR) is 91.2 cm³/mol. The number of piperidine rings is 1. The van der Waals surface area contributed by atoms with E-state index in [0.717, 1.165) is 19.3 Å². The number of thiophene rings is 1. The second-order valence-electron chi connectivity index (χ2n) is 5.56. The van der Waals surface area contributed by atoms with Gasteiger partial charge in [0.15, 0.2) is 11.5 Å². The zero-order valence-corrected chi connectivity index (χ0v) is 13.9. The number of carbonyl (C=O) groups excluding carboxylic acids is 1. The smallest absolute Gasteiger partial charge is 0.358 e. The molecule has 0 bridgehead atoms. The van der Waals surface area contributed by atoms with Crippen molar-refractivity contribution in [2.75, 3.05) is 18.4 Å². The molecule has 4 N–H and O–H groups in total. The molecule has 10 heteroatoms. The Labute approximate surface area is 145 Å². The lowest BCUT2D eigenvalue weighted by Crippen LogP contribution is -2.38. The Morgan fingerprint density at radius 1 is 1.28 bits per heavy atom. The van der Waals surface area contributed by atoms with Gasteiger partial charge in [0.1, 0.15) is 0 Å². The predicted octanol–water partition coefficient (Wildman–Crippen LogP) is 1.92. The fourth-order valence-corrected chi connectivity index (χ4v) is 3.40. The molecular formula is C15H16N4O5S. The quantitative estimate of drug-likeness (QED) is 0.657. The molecule has 1 saturated heterocycles. The number of hydrogen-bond acceptors (Lipinski definition) is 6. The number of hydrogen-bond donors (Lipinski definition) is 4. The topological polar surface area (TPSA) is 136 Å². The Bertz CT molecular complexity index is 869. The Morgan fingerprint density at radius 3 is 2.68 bits per heavy atom. The van der Waals surface area contributed by atoms with Gasteiger partial charge in [0.05, 0.1) is 10.6 Å². The van der Waals surface area contributed by atoms with Crippen molar-refractivity contribution in [3.05, 3.63) is 27.5 Å². The molecule has 2 amide bonds. The minimum atomic E-state index is -1.51. The maximum Gasteiger partial charge on any atom is 0.358 e. The summed E-state index contributed by atoms with van der Waals surface area (Å²) in [6.45, 7) is 1.37. The Hall–Kier alpha value is -2.88. The molecule has 132 valence electrons. The summed E-state index contributed by atoms with van der Waals surface area (Å²) in [7, 11) is 0. The zero-order chi connectivity index (χ0) is 18.0. The van der Waals surface area contributed by atoms with Gasteiger partial charge in [0, 0.05) is 13.1 Å². The van der Waals surface area contributed by atoms with Crippen LogP contribution in [0.1, 0.15) is 29.8 Å². The van der Waals surface area contributed by atoms with Crippen molar-refractivity contribution in [2.24, 2.45) is 0 Å². The molecule has 0 unspecified atom stereocenters. The highest BCUT2D eigenvalue weighted by Crippen LogP contribution is 2.32. The molecule has 0 radical (unpaired) electrons. The first-order valence-electron chi connectivity index (χ1n) is 7.67. The lowest BCUT2D eigenvalue weighted by atomic mass is 10.1. The average molecular weight is 364 g/mol. The molecule has 0 spiro atoms. The van der Waals surface area contributed by atoms with Gasteiger partial charge < -0.3 is 25.4 Å². The van der Waals surface area contributed by atoms with E-state index >= 15 is 0 Å². The maximum atomic E-state index is 12.3. The van der Waals surface area contributed by atoms with Crippen molar-refractivity contribution >= 4 is 29.0 Å². The summed E-state index contributed by atoms with van der Waals surface area (Å²) >= 11 is 1.19. The molecule has 2 aromatic heterocycles. The number of amides is 2. The fourth-order valence-electron chi connectivity index (χ4n) is 2.61. The van der Waals surface area contributed by atoms with Gasteiger partial charge in [-0.25, -0.2) is 14.6 Å². The SMILES string of the molecule is O=C(O)c1nc(-c2sccc2NC(=O)N2CCCCC2)[nH]c(=O)c1O. The van der Waals surface area contributed by atoms with Crippen molar-refractivity contribution in [1.29, 1.82) is 0 Å². The Kier molecular flexibility index (Phi) is 4.70. The maximum absolute atomic E-state index is 12.3. The minimum Gasteiger partial charge on any atom is -0.501 e. The summed E-state index contributed by atoms with van der Waals surface area (Å²) in [6.07, 6.45) is 3.02. The second kappa shape index (κ2) is 6.93. The van der Waals surface area contributed by atoms with Gasteiger partial charge in [0.2, 0.25) is 5.75 Å². The summed E-state index contributed by atoms with van der Waals surface area (Å²) in [4.78, 5) is 43.4. The molecule has 1 aliphatic rings. The van der Waals surface area contributed by atoms with Gasteiger partial charge in [-0.2, -0.15) is 0 Å². The normalized spacial score (nSPS) is 14.3. The lowest BCUT2D eigenvalue weighted by Gasteiger charge is -2.26. The number of carboxylic acid groups (broad SMARTS) is 1. The number of nitrogens with one attached hydrogen (secondary N) is 2. The summed E-state index contributed by atoms with van der Waals surface area (Å²) in [5, 5.41) is 23.0. The van der Waals surface area contributed by atoms with Crippen LogP contribution in [0.2, 0.25) is 0 Å². The van der Waals surface area contributed by atoms with Gasteiger partial charge in [-0.1, -0.05) is 0 Å². The Balaban J connectivity index is 1.90. The first kappa shape index (κ1) is 17.0. The molecular weight excluding hydrogens is 348 g/mol. The summed E-state index contributed by atoms with van der Waals surface area (Å²) < 4.78 is 0. The van der Waals surface area contributed by atoms with Crippen molar-refractivity contribution in [1.82, 2.24) is 14.9 Å². The van der Waals surface area contributed by atoms with Crippen LogP contribution >= 0.6 is 11.3 Å². The summed E-state index contributed by atoms with van der Waals surface area (Å²) in [5.74, 6) is -2.49. The van der Waals surface area contributed by atoms with E-state index in [1.54, 1.807) is 16.3 Å². The standard InChI is InChI=1S/C15H16N4O5S/c20-10-9(14(22)23)17-12(18-13(10)21)11-8(4-7-25-11)16-15(24)19-5-2-1-3-6-19/h4,7,20H,1-3,5-6H2,(H,16,24)(H,22,23)(H,17,18,21).